The van der Waals surface area contributed by atoms with Gasteiger partial charge in [0.15, 0.2) is 0 Å². The Labute approximate surface area is 110 Å². The van der Waals surface area contributed by atoms with Crippen LogP contribution in [-0.2, 0) is 9.59 Å². The van der Waals surface area contributed by atoms with Crippen LogP contribution in [-0.4, -0.2) is 24.0 Å². The van der Waals surface area contributed by atoms with Gasteiger partial charge in [0.05, 0.1) is 5.92 Å². The van der Waals surface area contributed by atoms with Gasteiger partial charge in [0.2, 0.25) is 5.91 Å². The predicted molar refractivity (Wildman–Crippen MR) is 72.4 cm³/mol. The van der Waals surface area contributed by atoms with Crippen LogP contribution in [0.4, 0.5) is 0 Å². The van der Waals surface area contributed by atoms with Crippen molar-refractivity contribution < 1.29 is 14.7 Å². The monoisotopic (exact) mass is 257 g/mol. The van der Waals surface area contributed by atoms with Crippen molar-refractivity contribution in [1.82, 2.24) is 5.32 Å². The van der Waals surface area contributed by atoms with Gasteiger partial charge < -0.3 is 10.4 Å². The molecule has 0 saturated heterocycles. The molecule has 1 fully saturated rings. The summed E-state index contributed by atoms with van der Waals surface area (Å²) in [6.07, 6.45) is 9.29. The predicted octanol–water partition coefficient (Wildman–Crippen LogP) is 2.96. The lowest BCUT2D eigenvalue weighted by atomic mass is 9.90. The first-order valence-electron chi connectivity index (χ1n) is 7.05. The Morgan fingerprint density at radius 3 is 2.17 bits per heavy atom. The van der Waals surface area contributed by atoms with Crippen LogP contribution in [0.5, 0.6) is 0 Å². The Hall–Kier alpha value is -1.06. The molecule has 0 atom stereocenters. The minimum atomic E-state index is -0.602. The zero-order valence-electron chi connectivity index (χ0n) is 11.7. The van der Waals surface area contributed by atoms with Crippen LogP contribution in [0, 0.1) is 5.92 Å². The molecule has 0 aromatic heterocycles. The molecule has 1 saturated carbocycles. The maximum atomic E-state index is 10.6. The van der Waals surface area contributed by atoms with Gasteiger partial charge in [0.1, 0.15) is 0 Å². The van der Waals surface area contributed by atoms with Crippen molar-refractivity contribution in [2.45, 2.75) is 64.7 Å². The number of carboxylic acid groups (broad SMARTS) is 1. The molecule has 1 rings (SSSR count). The van der Waals surface area contributed by atoms with Gasteiger partial charge in [0.25, 0.3) is 0 Å². The second-order valence-electron chi connectivity index (χ2n) is 4.80. The van der Waals surface area contributed by atoms with Crippen molar-refractivity contribution in [2.75, 3.05) is 7.05 Å². The van der Waals surface area contributed by atoms with Gasteiger partial charge in [0, 0.05) is 13.5 Å². The number of amides is 1. The summed E-state index contributed by atoms with van der Waals surface area (Å²) in [5, 5.41) is 11.1. The molecular weight excluding hydrogens is 230 g/mol. The number of nitrogens with one attached hydrogen (secondary N) is 1. The highest BCUT2D eigenvalue weighted by molar-refractivity contribution is 5.75. The fraction of sp³-hybridized carbons (Fsp3) is 0.857. The van der Waals surface area contributed by atoms with Gasteiger partial charge in [-0.1, -0.05) is 39.0 Å². The van der Waals surface area contributed by atoms with Gasteiger partial charge in [-0.2, -0.15) is 0 Å². The molecule has 4 heteroatoms. The van der Waals surface area contributed by atoms with Crippen LogP contribution in [0.3, 0.4) is 0 Å². The maximum absolute atomic E-state index is 10.6. The molecule has 0 aromatic rings. The van der Waals surface area contributed by atoms with E-state index in [9.17, 15) is 9.59 Å². The first-order valence-corrected chi connectivity index (χ1v) is 7.05. The number of carbonyl (C=O) groups excluding carboxylic acids is 1. The van der Waals surface area contributed by atoms with E-state index in [2.05, 4.69) is 12.2 Å². The Morgan fingerprint density at radius 2 is 1.78 bits per heavy atom. The lowest BCUT2D eigenvalue weighted by Gasteiger charge is -2.16. The van der Waals surface area contributed by atoms with E-state index >= 15 is 0 Å². The van der Waals surface area contributed by atoms with Gasteiger partial charge in [-0.25, -0.2) is 0 Å². The van der Waals surface area contributed by atoms with Crippen molar-refractivity contribution in [3.8, 4) is 0 Å². The summed E-state index contributed by atoms with van der Waals surface area (Å²) < 4.78 is 0. The lowest BCUT2D eigenvalue weighted by Crippen LogP contribution is -2.16. The van der Waals surface area contributed by atoms with Gasteiger partial charge in [-0.3, -0.25) is 9.59 Å². The number of carboxylic acids is 1. The summed E-state index contributed by atoms with van der Waals surface area (Å²) in [6.45, 7) is 2.13. The fourth-order valence-electron chi connectivity index (χ4n) is 2.01. The highest BCUT2D eigenvalue weighted by atomic mass is 16.4. The summed E-state index contributed by atoms with van der Waals surface area (Å²) in [5.41, 5.74) is 0. The van der Waals surface area contributed by atoms with Crippen molar-refractivity contribution in [1.29, 1.82) is 0 Å². The molecule has 1 aliphatic rings. The summed E-state index contributed by atoms with van der Waals surface area (Å²) in [6, 6.07) is 0. The number of hydrogen-bond acceptors (Lipinski definition) is 2. The smallest absolute Gasteiger partial charge is 0.306 e. The average Bonchev–Trinajstić information content (AvgIpc) is 2.40. The first-order chi connectivity index (χ1) is 8.61. The van der Waals surface area contributed by atoms with Crippen LogP contribution in [0.25, 0.3) is 0 Å². The summed E-state index contributed by atoms with van der Waals surface area (Å²) in [7, 11) is 1.67. The highest BCUT2D eigenvalue weighted by Crippen LogP contribution is 2.23. The summed E-state index contributed by atoms with van der Waals surface area (Å²) in [5.74, 6) is -0.475. The second kappa shape index (κ2) is 11.1. The van der Waals surface area contributed by atoms with E-state index in [-0.39, 0.29) is 11.8 Å². The molecule has 1 aliphatic carbocycles. The summed E-state index contributed by atoms with van der Waals surface area (Å²) in [4.78, 5) is 20.9. The third kappa shape index (κ3) is 9.02. The topological polar surface area (TPSA) is 66.4 Å². The third-order valence-corrected chi connectivity index (χ3v) is 3.24. The number of unbranched alkanes of at least 4 members (excludes halogenated alkanes) is 2. The molecule has 0 aliphatic heterocycles. The molecule has 0 bridgehead atoms. The molecule has 0 aromatic carbocycles. The van der Waals surface area contributed by atoms with Gasteiger partial charge >= 0.3 is 5.97 Å². The number of rotatable bonds is 5. The molecule has 0 unspecified atom stereocenters. The Balaban J connectivity index is 0.000000321. The van der Waals surface area contributed by atoms with Gasteiger partial charge in [-0.15, -0.1) is 0 Å². The van der Waals surface area contributed by atoms with Crippen molar-refractivity contribution in [3.63, 3.8) is 0 Å². The molecule has 2 N–H and O–H groups in total. The van der Waals surface area contributed by atoms with E-state index in [0.29, 0.717) is 6.42 Å². The third-order valence-electron chi connectivity index (χ3n) is 3.24. The van der Waals surface area contributed by atoms with Crippen LogP contribution >= 0.6 is 0 Å². The van der Waals surface area contributed by atoms with Crippen molar-refractivity contribution in [2.24, 2.45) is 5.92 Å². The van der Waals surface area contributed by atoms with E-state index < -0.39 is 5.97 Å². The van der Waals surface area contributed by atoms with Crippen LogP contribution in [0.15, 0.2) is 0 Å². The van der Waals surface area contributed by atoms with Crippen molar-refractivity contribution >= 4 is 11.9 Å². The van der Waals surface area contributed by atoms with Crippen LogP contribution in [0.2, 0.25) is 0 Å². The molecular formula is C14H27NO3. The molecule has 0 spiro atoms. The van der Waals surface area contributed by atoms with E-state index in [1.807, 2.05) is 0 Å². The van der Waals surface area contributed by atoms with Crippen LogP contribution in [0.1, 0.15) is 64.7 Å². The molecule has 18 heavy (non-hydrogen) atoms. The van der Waals surface area contributed by atoms with E-state index in [1.165, 1.54) is 12.8 Å². The number of hydrogen-bond donors (Lipinski definition) is 2. The quantitative estimate of drug-likeness (QED) is 0.744. The average molecular weight is 257 g/mol. The molecule has 106 valence electrons. The molecule has 1 amide bonds. The van der Waals surface area contributed by atoms with Crippen molar-refractivity contribution in [3.05, 3.63) is 0 Å². The number of carbonyl (C=O) groups is 2. The Bertz CT molecular complexity index is 235. The molecule has 0 heterocycles. The normalized spacial score (nSPS) is 15.4. The standard InChI is InChI=1S/C7H15NO.C7H12O2/c1-3-4-5-6-7(9)8-2;8-7(9)6-4-2-1-3-5-6/h3-6H2,1-2H3,(H,8,9);6H,1-5H2,(H,8,9). The summed E-state index contributed by atoms with van der Waals surface area (Å²) >= 11 is 0. The Kier molecular flexibility index (Phi) is 10.4. The largest absolute Gasteiger partial charge is 0.481 e. The zero-order valence-corrected chi connectivity index (χ0v) is 11.7. The number of aliphatic carboxylic acids is 1. The lowest BCUT2D eigenvalue weighted by molar-refractivity contribution is -0.142. The van der Waals surface area contributed by atoms with E-state index in [1.54, 1.807) is 7.05 Å². The highest BCUT2D eigenvalue weighted by Gasteiger charge is 2.19. The first kappa shape index (κ1) is 16.9. The molecule has 0 radical (unpaired) electrons. The minimum absolute atomic E-state index is 0.0289. The zero-order chi connectivity index (χ0) is 13.8. The van der Waals surface area contributed by atoms with Gasteiger partial charge in [-0.05, 0) is 19.3 Å². The van der Waals surface area contributed by atoms with E-state index in [4.69, 9.17) is 5.11 Å². The fourth-order valence-corrected chi connectivity index (χ4v) is 2.01. The minimum Gasteiger partial charge on any atom is -0.481 e. The SMILES string of the molecule is CCCCCC(=O)NC.O=C(O)C1CCCCC1. The Morgan fingerprint density at radius 1 is 1.17 bits per heavy atom. The van der Waals surface area contributed by atoms with E-state index in [0.717, 1.165) is 38.5 Å². The molecule has 4 nitrogen and oxygen atoms in total. The van der Waals surface area contributed by atoms with Crippen LogP contribution < -0.4 is 5.32 Å². The maximum Gasteiger partial charge on any atom is 0.306 e. The second-order valence-corrected chi connectivity index (χ2v) is 4.80.